The SMILES string of the molecule is Cc1cc(C)c(C(=N)N)c(OCc2ccco2)n1. The zero-order chi connectivity index (χ0) is 13.1. The van der Waals surface area contributed by atoms with Gasteiger partial charge >= 0.3 is 0 Å². The van der Waals surface area contributed by atoms with Crippen molar-refractivity contribution in [1.82, 2.24) is 4.98 Å². The molecule has 2 heterocycles. The molecule has 0 aliphatic heterocycles. The van der Waals surface area contributed by atoms with Gasteiger partial charge in [0.15, 0.2) is 0 Å². The molecule has 2 aromatic rings. The number of aromatic nitrogens is 1. The lowest BCUT2D eigenvalue weighted by Crippen LogP contribution is -2.16. The number of nitrogens with one attached hydrogen (secondary N) is 1. The number of furan rings is 1. The van der Waals surface area contributed by atoms with Gasteiger partial charge < -0.3 is 14.9 Å². The summed E-state index contributed by atoms with van der Waals surface area (Å²) in [6.07, 6.45) is 1.58. The Hall–Kier alpha value is -2.30. The number of ether oxygens (including phenoxy) is 1. The van der Waals surface area contributed by atoms with Crippen LogP contribution in [0, 0.1) is 19.3 Å². The Balaban J connectivity index is 2.28. The predicted molar refractivity (Wildman–Crippen MR) is 67.8 cm³/mol. The molecule has 18 heavy (non-hydrogen) atoms. The van der Waals surface area contributed by atoms with E-state index in [1.807, 2.05) is 26.0 Å². The fraction of sp³-hybridized carbons (Fsp3) is 0.231. The van der Waals surface area contributed by atoms with Crippen LogP contribution in [0.2, 0.25) is 0 Å². The molecule has 0 aliphatic rings. The van der Waals surface area contributed by atoms with Gasteiger partial charge in [0, 0.05) is 5.69 Å². The average Bonchev–Trinajstić information content (AvgIpc) is 2.77. The van der Waals surface area contributed by atoms with Crippen LogP contribution < -0.4 is 10.5 Å². The van der Waals surface area contributed by atoms with E-state index in [9.17, 15) is 0 Å². The van der Waals surface area contributed by atoms with Gasteiger partial charge in [-0.1, -0.05) is 0 Å². The maximum absolute atomic E-state index is 7.57. The molecule has 3 N–H and O–H groups in total. The quantitative estimate of drug-likeness (QED) is 0.638. The topological polar surface area (TPSA) is 85.1 Å². The van der Waals surface area contributed by atoms with Gasteiger partial charge in [-0.05, 0) is 37.6 Å². The van der Waals surface area contributed by atoms with Gasteiger partial charge in [0.2, 0.25) is 5.88 Å². The molecular formula is C13H15N3O2. The summed E-state index contributed by atoms with van der Waals surface area (Å²) in [6.45, 7) is 4.02. The third-order valence-electron chi connectivity index (χ3n) is 2.51. The van der Waals surface area contributed by atoms with Gasteiger partial charge in [-0.15, -0.1) is 0 Å². The monoisotopic (exact) mass is 245 g/mol. The number of pyridine rings is 1. The lowest BCUT2D eigenvalue weighted by atomic mass is 10.1. The number of amidine groups is 1. The zero-order valence-electron chi connectivity index (χ0n) is 10.4. The Bertz CT molecular complexity index is 562. The van der Waals surface area contributed by atoms with Crippen molar-refractivity contribution in [2.75, 3.05) is 0 Å². The summed E-state index contributed by atoms with van der Waals surface area (Å²) in [6, 6.07) is 5.48. The van der Waals surface area contributed by atoms with E-state index in [1.54, 1.807) is 12.3 Å². The molecule has 0 unspecified atom stereocenters. The fourth-order valence-corrected chi connectivity index (χ4v) is 1.77. The van der Waals surface area contributed by atoms with Crippen molar-refractivity contribution in [3.05, 3.63) is 47.0 Å². The van der Waals surface area contributed by atoms with Crippen molar-refractivity contribution in [3.63, 3.8) is 0 Å². The van der Waals surface area contributed by atoms with Crippen molar-refractivity contribution in [3.8, 4) is 5.88 Å². The van der Waals surface area contributed by atoms with Crippen LogP contribution in [0.15, 0.2) is 28.9 Å². The summed E-state index contributed by atoms with van der Waals surface area (Å²) >= 11 is 0. The molecule has 94 valence electrons. The van der Waals surface area contributed by atoms with Gasteiger partial charge in [0.05, 0.1) is 11.8 Å². The van der Waals surface area contributed by atoms with E-state index >= 15 is 0 Å². The Kier molecular flexibility index (Phi) is 3.32. The molecule has 5 heteroatoms. The Morgan fingerprint density at radius 1 is 1.50 bits per heavy atom. The second-order valence-corrected chi connectivity index (χ2v) is 4.04. The second kappa shape index (κ2) is 4.91. The minimum Gasteiger partial charge on any atom is -0.469 e. The number of nitrogens with two attached hydrogens (primary N) is 1. The molecule has 0 atom stereocenters. The van der Waals surface area contributed by atoms with E-state index in [1.165, 1.54) is 0 Å². The van der Waals surface area contributed by atoms with Crippen molar-refractivity contribution in [1.29, 1.82) is 5.41 Å². The molecule has 0 aliphatic carbocycles. The summed E-state index contributed by atoms with van der Waals surface area (Å²) in [5.74, 6) is 1.02. The Morgan fingerprint density at radius 3 is 2.89 bits per heavy atom. The highest BCUT2D eigenvalue weighted by Crippen LogP contribution is 2.21. The molecule has 5 nitrogen and oxygen atoms in total. The molecule has 0 spiro atoms. The zero-order valence-corrected chi connectivity index (χ0v) is 10.4. The molecule has 0 fully saturated rings. The highest BCUT2D eigenvalue weighted by Gasteiger charge is 2.13. The first-order chi connectivity index (χ1) is 8.58. The van der Waals surface area contributed by atoms with E-state index in [2.05, 4.69) is 4.98 Å². The van der Waals surface area contributed by atoms with Crippen LogP contribution in [0.4, 0.5) is 0 Å². The largest absolute Gasteiger partial charge is 0.469 e. The van der Waals surface area contributed by atoms with Gasteiger partial charge in [-0.3, -0.25) is 5.41 Å². The van der Waals surface area contributed by atoms with Crippen LogP contribution in [0.25, 0.3) is 0 Å². The first-order valence-electron chi connectivity index (χ1n) is 5.55. The van der Waals surface area contributed by atoms with Crippen molar-refractivity contribution in [2.24, 2.45) is 5.73 Å². The number of rotatable bonds is 4. The Morgan fingerprint density at radius 2 is 2.28 bits per heavy atom. The number of nitrogens with zero attached hydrogens (tertiary/aromatic N) is 1. The molecule has 0 bridgehead atoms. The maximum Gasteiger partial charge on any atom is 0.225 e. The van der Waals surface area contributed by atoms with Gasteiger partial charge in [0.25, 0.3) is 0 Å². The smallest absolute Gasteiger partial charge is 0.225 e. The van der Waals surface area contributed by atoms with Crippen LogP contribution in [-0.4, -0.2) is 10.8 Å². The van der Waals surface area contributed by atoms with Crippen LogP contribution in [0.3, 0.4) is 0 Å². The van der Waals surface area contributed by atoms with Gasteiger partial charge in [-0.25, -0.2) is 4.98 Å². The summed E-state index contributed by atoms with van der Waals surface area (Å²) in [4.78, 5) is 4.27. The van der Waals surface area contributed by atoms with Crippen LogP contribution in [-0.2, 0) is 6.61 Å². The molecule has 0 saturated carbocycles. The number of nitrogen functional groups attached to an aromatic ring is 1. The lowest BCUT2D eigenvalue weighted by molar-refractivity contribution is 0.259. The third-order valence-corrected chi connectivity index (χ3v) is 2.51. The normalized spacial score (nSPS) is 10.3. The van der Waals surface area contributed by atoms with Gasteiger partial charge in [0.1, 0.15) is 18.2 Å². The summed E-state index contributed by atoms with van der Waals surface area (Å²) < 4.78 is 10.8. The number of hydrogen-bond acceptors (Lipinski definition) is 4. The molecule has 0 saturated heterocycles. The minimum atomic E-state index is -0.0468. The second-order valence-electron chi connectivity index (χ2n) is 4.04. The van der Waals surface area contributed by atoms with E-state index < -0.39 is 0 Å². The molecular weight excluding hydrogens is 230 g/mol. The highest BCUT2D eigenvalue weighted by molar-refractivity contribution is 5.98. The van der Waals surface area contributed by atoms with Crippen molar-refractivity contribution >= 4 is 5.84 Å². The summed E-state index contributed by atoms with van der Waals surface area (Å²) in [5, 5.41) is 7.57. The fourth-order valence-electron chi connectivity index (χ4n) is 1.77. The standard InChI is InChI=1S/C13H15N3O2/c1-8-6-9(2)16-13(11(8)12(14)15)18-7-10-4-3-5-17-10/h3-6H,7H2,1-2H3,(H3,14,15). The van der Waals surface area contributed by atoms with E-state index in [-0.39, 0.29) is 12.4 Å². The van der Waals surface area contributed by atoms with Crippen molar-refractivity contribution in [2.45, 2.75) is 20.5 Å². The molecule has 2 rings (SSSR count). The lowest BCUT2D eigenvalue weighted by Gasteiger charge is -2.12. The average molecular weight is 245 g/mol. The Labute approximate surface area is 105 Å². The number of hydrogen-bond donors (Lipinski definition) is 2. The van der Waals surface area contributed by atoms with E-state index in [0.717, 1.165) is 11.3 Å². The van der Waals surface area contributed by atoms with Crippen LogP contribution >= 0.6 is 0 Å². The predicted octanol–water partition coefficient (Wildman–Crippen LogP) is 2.15. The molecule has 0 amide bonds. The molecule has 0 aromatic carbocycles. The van der Waals surface area contributed by atoms with E-state index in [0.29, 0.717) is 17.2 Å². The third kappa shape index (κ3) is 2.51. The summed E-state index contributed by atoms with van der Waals surface area (Å²) in [5.41, 5.74) is 7.79. The van der Waals surface area contributed by atoms with Crippen LogP contribution in [0.1, 0.15) is 22.6 Å². The maximum atomic E-state index is 7.57. The highest BCUT2D eigenvalue weighted by atomic mass is 16.5. The minimum absolute atomic E-state index is 0.0468. The molecule has 2 aromatic heterocycles. The van der Waals surface area contributed by atoms with Crippen LogP contribution in [0.5, 0.6) is 5.88 Å². The number of aryl methyl sites for hydroxylation is 2. The summed E-state index contributed by atoms with van der Waals surface area (Å²) in [7, 11) is 0. The van der Waals surface area contributed by atoms with E-state index in [4.69, 9.17) is 20.3 Å². The first kappa shape index (κ1) is 12.2. The molecule has 0 radical (unpaired) electrons. The van der Waals surface area contributed by atoms with Crippen molar-refractivity contribution < 1.29 is 9.15 Å². The first-order valence-corrected chi connectivity index (χ1v) is 5.55. The van der Waals surface area contributed by atoms with Gasteiger partial charge in [-0.2, -0.15) is 0 Å².